The Balaban J connectivity index is 0.00000386. The molecular formula is C34H32F3NNiO6S2-2. The molecule has 1 aliphatic heterocycles. The quantitative estimate of drug-likeness (QED) is 0.0554. The van der Waals surface area contributed by atoms with Crippen LogP contribution in [0.4, 0.5) is 13.2 Å². The van der Waals surface area contributed by atoms with Crippen LogP contribution in [0, 0.1) is 37.7 Å². The van der Waals surface area contributed by atoms with Crippen LogP contribution in [0.2, 0.25) is 0 Å². The number of halogens is 3. The number of rotatable bonds is 9. The van der Waals surface area contributed by atoms with E-state index in [2.05, 4.69) is 20.0 Å². The zero-order valence-corrected chi connectivity index (χ0v) is 28.1. The third-order valence-electron chi connectivity index (χ3n) is 9.86. The second-order valence-electron chi connectivity index (χ2n) is 12.3. The third-order valence-corrected chi connectivity index (χ3v) is 12.1. The van der Waals surface area contributed by atoms with Crippen molar-refractivity contribution >= 4 is 42.7 Å². The number of hydrogen-bond donors (Lipinski definition) is 0. The standard InChI is InChI=1S/C33H29F3NO6S2.CH3.Ni/c1-4-19(5-2)10-11-22-17-25(30-37-27-8-6-7-9-29(27)44-30)28(41-45(38,39)33(34,35)36)18-26(22)32(40-3)31(42-43-32)23-13-20-12-21(15-23)16-24(31)14-20;;/h1-2,4-11,17-18,20-21,23-24H,12-16H2,3H3;1H3;/q2*-1;/b11-10+,19-4+;;. The number of ether oxygens (including phenoxy) is 1. The summed E-state index contributed by atoms with van der Waals surface area (Å²) in [6.07, 6.45) is 11.2. The Morgan fingerprint density at radius 1 is 1.11 bits per heavy atom. The molecule has 5 fully saturated rings. The predicted octanol–water partition coefficient (Wildman–Crippen LogP) is 7.88. The van der Waals surface area contributed by atoms with Crippen LogP contribution < -0.4 is 4.18 Å². The van der Waals surface area contributed by atoms with Crippen molar-refractivity contribution in [3.8, 4) is 16.3 Å². The van der Waals surface area contributed by atoms with Crippen LogP contribution in [-0.4, -0.2) is 36.6 Å². The first-order valence-electron chi connectivity index (χ1n) is 14.7. The molecule has 3 aromatic rings. The number of fused-ring (bicyclic) bond motifs is 1. The van der Waals surface area contributed by atoms with Gasteiger partial charge in [-0.05, 0) is 6.42 Å². The Labute approximate surface area is 283 Å². The summed E-state index contributed by atoms with van der Waals surface area (Å²) in [5.41, 5.74) is -4.66. The van der Waals surface area contributed by atoms with Gasteiger partial charge in [0.2, 0.25) is 0 Å². The molecule has 2 heterocycles. The van der Waals surface area contributed by atoms with Crippen molar-refractivity contribution in [3.63, 3.8) is 0 Å². The zero-order chi connectivity index (χ0) is 32.5. The van der Waals surface area contributed by atoms with E-state index in [1.54, 1.807) is 36.4 Å². The van der Waals surface area contributed by atoms with Crippen LogP contribution in [-0.2, 0) is 45.4 Å². The van der Waals surface area contributed by atoms with Gasteiger partial charge in [-0.15, -0.1) is 0 Å². The van der Waals surface area contributed by atoms with Crippen LogP contribution in [0.1, 0.15) is 43.2 Å². The number of benzene rings is 2. The average Bonchev–Trinajstić information content (AvgIpc) is 3.43. The number of methoxy groups -OCH3 is 1. The number of para-hydroxylation sites is 1. The smallest absolute Gasteiger partial charge is 0.358 e. The third kappa shape index (κ3) is 5.38. The average molecular weight is 730 g/mol. The SMILES string of the molecule is [CH-]=CC(/C=C/c1cc(-c2nc3ccccc3s2)c(OS(=O)(=O)C(F)(F)F)cc1C1(OC)OOC12C1CC3CC(C1)CC2C3)=C\[CH]=[Ni].[CH3-]. The Hall–Kier alpha value is -2.67. The molecule has 4 saturated carbocycles. The fourth-order valence-corrected chi connectivity index (χ4v) is 9.80. The first kappa shape index (κ1) is 34.2. The second-order valence-corrected chi connectivity index (χ2v) is 15.2. The first-order valence-corrected chi connectivity index (χ1v) is 17.5. The molecule has 8 rings (SSSR count). The van der Waals surface area contributed by atoms with Crippen molar-refractivity contribution in [2.45, 2.75) is 49.0 Å². The number of allylic oxidation sites excluding steroid dienone is 4. The topological polar surface area (TPSA) is 84.0 Å². The molecule has 254 valence electrons. The molecule has 0 N–H and O–H groups in total. The minimum absolute atomic E-state index is 0. The summed E-state index contributed by atoms with van der Waals surface area (Å²) in [5.74, 6) is -0.851. The summed E-state index contributed by atoms with van der Waals surface area (Å²) >= 11 is 5.85. The van der Waals surface area contributed by atoms with Crippen LogP contribution in [0.15, 0.2) is 60.2 Å². The van der Waals surface area contributed by atoms with Crippen molar-refractivity contribution in [1.82, 2.24) is 4.98 Å². The van der Waals surface area contributed by atoms with Gasteiger partial charge in [0.1, 0.15) is 0 Å². The Bertz CT molecular complexity index is 1840. The second kappa shape index (κ2) is 12.3. The largest absolute Gasteiger partial charge is 0.358 e. The molecule has 2 aromatic carbocycles. The maximum atomic E-state index is 13.7. The summed E-state index contributed by atoms with van der Waals surface area (Å²) in [4.78, 5) is 18.1. The van der Waals surface area contributed by atoms with Crippen LogP contribution >= 0.6 is 11.3 Å². The van der Waals surface area contributed by atoms with Crippen molar-refractivity contribution < 1.29 is 55.3 Å². The Kier molecular flexibility index (Phi) is 8.98. The summed E-state index contributed by atoms with van der Waals surface area (Å²) < 4.78 is 78.1. The molecule has 47 heavy (non-hydrogen) atoms. The van der Waals surface area contributed by atoms with Gasteiger partial charge in [-0.3, -0.25) is 0 Å². The van der Waals surface area contributed by atoms with E-state index in [1.807, 2.05) is 12.1 Å². The number of alkyl halides is 3. The summed E-state index contributed by atoms with van der Waals surface area (Å²) in [6.45, 7) is 5.82. The monoisotopic (exact) mass is 729 g/mol. The van der Waals surface area contributed by atoms with Crippen molar-refractivity contribution in [3.05, 3.63) is 85.3 Å². The molecule has 4 aliphatic carbocycles. The van der Waals surface area contributed by atoms with Crippen LogP contribution in [0.3, 0.4) is 0 Å². The number of thiazole rings is 1. The summed E-state index contributed by atoms with van der Waals surface area (Å²) in [5, 5.41) is 0.262. The van der Waals surface area contributed by atoms with Gasteiger partial charge in [0.25, 0.3) is 0 Å². The van der Waals surface area contributed by atoms with Crippen LogP contribution in [0.25, 0.3) is 26.9 Å². The van der Waals surface area contributed by atoms with E-state index in [1.165, 1.54) is 42.0 Å². The molecule has 0 radical (unpaired) electrons. The molecule has 4 bridgehead atoms. The molecule has 7 nitrogen and oxygen atoms in total. The van der Waals surface area contributed by atoms with Crippen molar-refractivity contribution in [1.29, 1.82) is 0 Å². The first-order chi connectivity index (χ1) is 21.9. The normalized spacial score (nSPS) is 30.0. The van der Waals surface area contributed by atoms with Gasteiger partial charge in [0.15, 0.2) is 0 Å². The Morgan fingerprint density at radius 3 is 2.34 bits per heavy atom. The summed E-state index contributed by atoms with van der Waals surface area (Å²) in [7, 11) is -4.61. The van der Waals surface area contributed by atoms with Crippen molar-refractivity contribution in [2.75, 3.05) is 7.11 Å². The molecule has 5 aliphatic rings. The maximum absolute atomic E-state index is 13.7. The van der Waals surface area contributed by atoms with Gasteiger partial charge in [0.05, 0.1) is 0 Å². The van der Waals surface area contributed by atoms with E-state index in [0.717, 1.165) is 30.4 Å². The Morgan fingerprint density at radius 2 is 1.79 bits per heavy atom. The van der Waals surface area contributed by atoms with Gasteiger partial charge >= 0.3 is 245 Å². The molecule has 1 spiro atoms. The van der Waals surface area contributed by atoms with E-state index in [0.29, 0.717) is 28.5 Å². The molecule has 1 unspecified atom stereocenters. The van der Waals surface area contributed by atoms with E-state index in [9.17, 15) is 21.6 Å². The molecule has 1 saturated heterocycles. The summed E-state index contributed by atoms with van der Waals surface area (Å²) in [6, 6.07) is 9.97. The zero-order valence-electron chi connectivity index (χ0n) is 25.4. The number of hydrogen-bond acceptors (Lipinski definition) is 8. The maximum Gasteiger partial charge on any atom is -0.358 e. The van der Waals surface area contributed by atoms with E-state index in [4.69, 9.17) is 25.3 Å². The van der Waals surface area contributed by atoms with E-state index >= 15 is 0 Å². The van der Waals surface area contributed by atoms with Gasteiger partial charge in [-0.25, -0.2) is 0 Å². The van der Waals surface area contributed by atoms with Gasteiger partial charge in [-0.2, -0.15) is 13.2 Å². The van der Waals surface area contributed by atoms with Gasteiger partial charge < -0.3 is 7.43 Å². The van der Waals surface area contributed by atoms with E-state index in [-0.39, 0.29) is 35.4 Å². The molecule has 13 heteroatoms. The van der Waals surface area contributed by atoms with Crippen molar-refractivity contribution in [2.24, 2.45) is 23.7 Å². The minimum Gasteiger partial charge on any atom is -0.358 e. The van der Waals surface area contributed by atoms with Crippen LogP contribution in [0.5, 0.6) is 5.75 Å². The molecule has 1 atom stereocenters. The number of aromatic nitrogens is 1. The molecular weight excluding hydrogens is 698 g/mol. The number of nitrogens with zero attached hydrogens (tertiary/aromatic N) is 1. The fraction of sp³-hybridized carbons (Fsp3) is 0.382. The van der Waals surface area contributed by atoms with Gasteiger partial charge in [-0.1, -0.05) is 12.1 Å². The van der Waals surface area contributed by atoms with E-state index < -0.39 is 32.8 Å². The fourth-order valence-electron chi connectivity index (χ4n) is 8.15. The molecule has 1 aromatic heterocycles. The van der Waals surface area contributed by atoms with Gasteiger partial charge in [0, 0.05) is 0 Å². The minimum atomic E-state index is -6.07. The predicted molar refractivity (Wildman–Crippen MR) is 170 cm³/mol. The molecule has 0 amide bonds.